The number of hydrogen-bond acceptors (Lipinski definition) is 5. The molecule has 0 unspecified atom stereocenters. The van der Waals surface area contributed by atoms with Gasteiger partial charge in [0.2, 0.25) is 0 Å². The summed E-state index contributed by atoms with van der Waals surface area (Å²) in [7, 11) is 0. The van der Waals surface area contributed by atoms with E-state index in [1.54, 1.807) is 35.6 Å². The summed E-state index contributed by atoms with van der Waals surface area (Å²) in [6, 6.07) is 11.7. The molecule has 2 aromatic heterocycles. The number of benzene rings is 1. The van der Waals surface area contributed by atoms with Crippen LogP contribution in [0.1, 0.15) is 46.9 Å². The van der Waals surface area contributed by atoms with Crippen LogP contribution in [-0.4, -0.2) is 25.8 Å². The van der Waals surface area contributed by atoms with Gasteiger partial charge in [-0.05, 0) is 55.5 Å². The number of thiophene rings is 1. The second-order valence-electron chi connectivity index (χ2n) is 6.39. The summed E-state index contributed by atoms with van der Waals surface area (Å²) in [6.07, 6.45) is 3.10. The summed E-state index contributed by atoms with van der Waals surface area (Å²) in [5.41, 5.74) is 0.672. The van der Waals surface area contributed by atoms with E-state index in [-0.39, 0.29) is 11.0 Å². The first kappa shape index (κ1) is 17.8. The molecule has 1 aliphatic rings. The number of carbonyl (C=O) groups excluding carboxylic acids is 1. The van der Waals surface area contributed by atoms with E-state index < -0.39 is 0 Å². The summed E-state index contributed by atoms with van der Waals surface area (Å²) < 4.78 is 2.23. The molecule has 7 heteroatoms. The first-order valence-electron chi connectivity index (χ1n) is 8.54. The normalized spacial score (nSPS) is 15.2. The fraction of sp³-hybridized carbons (Fsp3) is 0.316. The molecule has 1 saturated carbocycles. The van der Waals surface area contributed by atoms with Crippen LogP contribution < -0.4 is 0 Å². The van der Waals surface area contributed by atoms with Crippen molar-refractivity contribution < 1.29 is 4.79 Å². The largest absolute Gasteiger partial charge is 0.303 e. The molecule has 0 spiro atoms. The molecule has 1 aliphatic carbocycles. The third kappa shape index (κ3) is 3.87. The van der Waals surface area contributed by atoms with Crippen molar-refractivity contribution in [2.75, 3.05) is 0 Å². The van der Waals surface area contributed by atoms with E-state index in [0.29, 0.717) is 16.6 Å². The van der Waals surface area contributed by atoms with Crippen molar-refractivity contribution >= 4 is 40.5 Å². The van der Waals surface area contributed by atoms with Crippen LogP contribution in [-0.2, 0) is 6.42 Å². The maximum Gasteiger partial charge on any atom is 0.192 e. The third-order valence-corrected chi connectivity index (χ3v) is 6.52. The molecule has 1 fully saturated rings. The molecule has 1 atom stereocenters. The lowest BCUT2D eigenvalue weighted by atomic mass is 10.1. The van der Waals surface area contributed by atoms with Crippen LogP contribution in [0.15, 0.2) is 46.9 Å². The lowest BCUT2D eigenvalue weighted by Gasteiger charge is -2.12. The quantitative estimate of drug-likeness (QED) is 0.397. The lowest BCUT2D eigenvalue weighted by Crippen LogP contribution is -2.15. The molecular weight excluding hydrogens is 386 g/mol. The number of halogens is 1. The molecule has 4 rings (SSSR count). The van der Waals surface area contributed by atoms with E-state index in [0.717, 1.165) is 30.2 Å². The van der Waals surface area contributed by atoms with Crippen molar-refractivity contribution in [2.24, 2.45) is 0 Å². The van der Waals surface area contributed by atoms with Crippen LogP contribution in [0.3, 0.4) is 0 Å². The summed E-state index contributed by atoms with van der Waals surface area (Å²) in [6.45, 7) is 1.92. The molecule has 3 aromatic rings. The zero-order valence-corrected chi connectivity index (χ0v) is 16.7. The molecule has 0 bridgehead atoms. The van der Waals surface area contributed by atoms with Gasteiger partial charge < -0.3 is 4.57 Å². The summed E-state index contributed by atoms with van der Waals surface area (Å²) in [5, 5.41) is 12.1. The number of ketones is 1. The minimum atomic E-state index is -0.229. The Morgan fingerprint density at radius 3 is 2.73 bits per heavy atom. The number of carbonyl (C=O) groups is 1. The second-order valence-corrected chi connectivity index (χ2v) is 9.16. The predicted octanol–water partition coefficient (Wildman–Crippen LogP) is 5.28. The smallest absolute Gasteiger partial charge is 0.192 e. The maximum atomic E-state index is 12.7. The molecule has 0 saturated heterocycles. The van der Waals surface area contributed by atoms with Gasteiger partial charge in [-0.1, -0.05) is 29.4 Å². The molecule has 0 N–H and O–H groups in total. The van der Waals surface area contributed by atoms with Gasteiger partial charge in [-0.15, -0.1) is 21.5 Å². The van der Waals surface area contributed by atoms with E-state index in [1.807, 2.05) is 6.92 Å². The topological polar surface area (TPSA) is 47.8 Å². The van der Waals surface area contributed by atoms with Gasteiger partial charge in [0.15, 0.2) is 10.9 Å². The van der Waals surface area contributed by atoms with Gasteiger partial charge in [-0.2, -0.15) is 0 Å². The number of thioether (sulfide) groups is 1. The second kappa shape index (κ2) is 7.55. The monoisotopic (exact) mass is 403 g/mol. The van der Waals surface area contributed by atoms with Crippen molar-refractivity contribution in [3.63, 3.8) is 0 Å². The summed E-state index contributed by atoms with van der Waals surface area (Å²) in [5.74, 6) is 1.07. The molecule has 0 radical (unpaired) electrons. The molecule has 0 amide bonds. The van der Waals surface area contributed by atoms with Gasteiger partial charge in [-0.25, -0.2) is 0 Å². The Balaban J connectivity index is 1.53. The minimum absolute atomic E-state index is 0.0804. The van der Waals surface area contributed by atoms with Crippen LogP contribution >= 0.6 is 34.7 Å². The van der Waals surface area contributed by atoms with E-state index in [4.69, 9.17) is 11.6 Å². The van der Waals surface area contributed by atoms with Crippen molar-refractivity contribution in [3.05, 3.63) is 63.1 Å². The van der Waals surface area contributed by atoms with Crippen LogP contribution in [0.4, 0.5) is 0 Å². The number of aromatic nitrogens is 3. The average Bonchev–Trinajstić information content (AvgIpc) is 3.20. The van der Waals surface area contributed by atoms with E-state index in [9.17, 15) is 4.79 Å². The van der Waals surface area contributed by atoms with Gasteiger partial charge in [0.1, 0.15) is 5.82 Å². The SMILES string of the molecule is C[C@@H](Sc1nnc(Cc2cccs2)n1C1CC1)C(=O)c1ccc(Cl)cc1. The first-order chi connectivity index (χ1) is 12.6. The highest BCUT2D eigenvalue weighted by Gasteiger charge is 2.31. The molecule has 2 heterocycles. The fourth-order valence-electron chi connectivity index (χ4n) is 2.84. The highest BCUT2D eigenvalue weighted by atomic mass is 35.5. The first-order valence-corrected chi connectivity index (χ1v) is 10.7. The highest BCUT2D eigenvalue weighted by Crippen LogP contribution is 2.40. The Morgan fingerprint density at radius 2 is 2.08 bits per heavy atom. The Kier molecular flexibility index (Phi) is 5.16. The van der Waals surface area contributed by atoms with Crippen LogP contribution in [0.5, 0.6) is 0 Å². The highest BCUT2D eigenvalue weighted by molar-refractivity contribution is 8.00. The number of hydrogen-bond donors (Lipinski definition) is 0. The number of Topliss-reactive ketones (excluding diaryl/α,β-unsaturated/α-hetero) is 1. The van der Waals surface area contributed by atoms with Gasteiger partial charge in [0, 0.05) is 27.9 Å². The maximum absolute atomic E-state index is 12.7. The van der Waals surface area contributed by atoms with Crippen LogP contribution in [0.2, 0.25) is 5.02 Å². The van der Waals surface area contributed by atoms with Crippen molar-refractivity contribution in [3.8, 4) is 0 Å². The molecule has 134 valence electrons. The van der Waals surface area contributed by atoms with Crippen molar-refractivity contribution in [1.29, 1.82) is 0 Å². The van der Waals surface area contributed by atoms with Gasteiger partial charge in [0.05, 0.1) is 5.25 Å². The summed E-state index contributed by atoms with van der Waals surface area (Å²) in [4.78, 5) is 14.0. The molecule has 26 heavy (non-hydrogen) atoms. The van der Waals surface area contributed by atoms with Crippen molar-refractivity contribution in [1.82, 2.24) is 14.8 Å². The van der Waals surface area contributed by atoms with Gasteiger partial charge in [-0.3, -0.25) is 4.79 Å². The molecular formula is C19H18ClN3OS2. The average molecular weight is 404 g/mol. The Bertz CT molecular complexity index is 902. The third-order valence-electron chi connectivity index (χ3n) is 4.34. The zero-order chi connectivity index (χ0) is 18.1. The van der Waals surface area contributed by atoms with Gasteiger partial charge in [0.25, 0.3) is 0 Å². The van der Waals surface area contributed by atoms with E-state index >= 15 is 0 Å². The Morgan fingerprint density at radius 1 is 1.31 bits per heavy atom. The number of nitrogens with zero attached hydrogens (tertiary/aromatic N) is 3. The van der Waals surface area contributed by atoms with Crippen molar-refractivity contribution in [2.45, 2.75) is 42.6 Å². The minimum Gasteiger partial charge on any atom is -0.303 e. The summed E-state index contributed by atoms with van der Waals surface area (Å²) >= 11 is 9.13. The molecule has 0 aliphatic heterocycles. The Hall–Kier alpha value is -1.63. The van der Waals surface area contributed by atoms with Crippen LogP contribution in [0, 0.1) is 0 Å². The lowest BCUT2D eigenvalue weighted by molar-refractivity contribution is 0.0994. The van der Waals surface area contributed by atoms with Gasteiger partial charge >= 0.3 is 0 Å². The predicted molar refractivity (Wildman–Crippen MR) is 107 cm³/mol. The molecule has 4 nitrogen and oxygen atoms in total. The zero-order valence-electron chi connectivity index (χ0n) is 14.3. The number of rotatable bonds is 7. The molecule has 1 aromatic carbocycles. The Labute approximate surface area is 165 Å². The van der Waals surface area contributed by atoms with Crippen LogP contribution in [0.25, 0.3) is 0 Å². The van der Waals surface area contributed by atoms with E-state index in [2.05, 4.69) is 32.3 Å². The van der Waals surface area contributed by atoms with E-state index in [1.165, 1.54) is 16.6 Å². The fourth-order valence-corrected chi connectivity index (χ4v) is 4.68. The standard InChI is InChI=1S/C19H18ClN3OS2/c1-12(18(24)13-4-6-14(20)7-5-13)26-19-22-21-17(23(19)15-8-9-15)11-16-3-2-10-25-16/h2-7,10,12,15H,8-9,11H2,1H3/t12-/m1/s1.